The smallest absolute Gasteiger partial charge is 0.254 e. The standard InChI is InChI=1S/C21H19N5O/c27-21(17-14-24-26(15-17)18-9-5-2-6-10-18)25-19(13-20-22-11-12-23-20)16-7-3-1-4-8-16/h1-12,14-15,19H,13H2,(H,22,23)(H,25,27)/t19-/m1/s1. The van der Waals surface area contributed by atoms with E-state index < -0.39 is 0 Å². The van der Waals surface area contributed by atoms with E-state index in [0.717, 1.165) is 17.1 Å². The Balaban J connectivity index is 1.54. The molecule has 0 aliphatic rings. The second-order valence-corrected chi connectivity index (χ2v) is 6.19. The normalized spacial score (nSPS) is 11.9. The SMILES string of the molecule is O=C(N[C@H](Cc1ncc[nH]1)c1ccccc1)c1cnn(-c2ccccc2)c1. The first-order valence-corrected chi connectivity index (χ1v) is 8.74. The fraction of sp³-hybridized carbons (Fsp3) is 0.0952. The van der Waals surface area contributed by atoms with Crippen molar-refractivity contribution in [3.05, 3.63) is 102 Å². The lowest BCUT2D eigenvalue weighted by atomic mass is 10.0. The molecular formula is C21H19N5O. The number of imidazole rings is 1. The van der Waals surface area contributed by atoms with Crippen molar-refractivity contribution >= 4 is 5.91 Å². The number of rotatable bonds is 6. The van der Waals surface area contributed by atoms with Gasteiger partial charge >= 0.3 is 0 Å². The summed E-state index contributed by atoms with van der Waals surface area (Å²) in [4.78, 5) is 20.2. The van der Waals surface area contributed by atoms with E-state index in [1.807, 2.05) is 60.7 Å². The number of nitrogens with zero attached hydrogens (tertiary/aromatic N) is 3. The number of aromatic nitrogens is 4. The number of para-hydroxylation sites is 1. The monoisotopic (exact) mass is 357 g/mol. The molecular weight excluding hydrogens is 338 g/mol. The van der Waals surface area contributed by atoms with Crippen LogP contribution in [-0.2, 0) is 6.42 Å². The zero-order valence-electron chi connectivity index (χ0n) is 14.6. The van der Waals surface area contributed by atoms with Crippen LogP contribution in [0, 0.1) is 0 Å². The molecule has 2 aromatic heterocycles. The number of H-pyrrole nitrogens is 1. The average Bonchev–Trinajstić information content (AvgIpc) is 3.41. The van der Waals surface area contributed by atoms with Crippen LogP contribution < -0.4 is 5.32 Å². The maximum atomic E-state index is 12.8. The van der Waals surface area contributed by atoms with Crippen LogP contribution in [0.2, 0.25) is 0 Å². The van der Waals surface area contributed by atoms with Crippen molar-refractivity contribution in [3.63, 3.8) is 0 Å². The first kappa shape index (κ1) is 16.8. The van der Waals surface area contributed by atoms with Gasteiger partial charge in [0.2, 0.25) is 0 Å². The van der Waals surface area contributed by atoms with Crippen molar-refractivity contribution in [2.24, 2.45) is 0 Å². The molecule has 0 spiro atoms. The van der Waals surface area contributed by atoms with E-state index in [1.54, 1.807) is 29.5 Å². The van der Waals surface area contributed by atoms with Crippen molar-refractivity contribution in [2.45, 2.75) is 12.5 Å². The fourth-order valence-electron chi connectivity index (χ4n) is 2.94. The molecule has 0 radical (unpaired) electrons. The third kappa shape index (κ3) is 3.95. The Labute approximate surface area is 156 Å². The van der Waals surface area contributed by atoms with E-state index in [0.29, 0.717) is 12.0 Å². The number of benzene rings is 2. The minimum atomic E-state index is -0.190. The Morgan fingerprint density at radius 1 is 1.07 bits per heavy atom. The Bertz CT molecular complexity index is 994. The summed E-state index contributed by atoms with van der Waals surface area (Å²) in [7, 11) is 0. The van der Waals surface area contributed by atoms with E-state index in [2.05, 4.69) is 20.4 Å². The molecule has 0 saturated carbocycles. The number of amides is 1. The summed E-state index contributed by atoms with van der Waals surface area (Å²) in [5.41, 5.74) is 2.45. The predicted molar refractivity (Wildman–Crippen MR) is 103 cm³/mol. The van der Waals surface area contributed by atoms with Gasteiger partial charge in [0.05, 0.1) is 23.5 Å². The molecule has 2 N–H and O–H groups in total. The lowest BCUT2D eigenvalue weighted by molar-refractivity contribution is 0.0936. The van der Waals surface area contributed by atoms with Gasteiger partial charge < -0.3 is 10.3 Å². The summed E-state index contributed by atoms with van der Waals surface area (Å²) in [6, 6.07) is 19.4. The van der Waals surface area contributed by atoms with Crippen LogP contribution in [0.25, 0.3) is 5.69 Å². The van der Waals surface area contributed by atoms with E-state index in [4.69, 9.17) is 0 Å². The summed E-state index contributed by atoms with van der Waals surface area (Å²) < 4.78 is 1.69. The van der Waals surface area contributed by atoms with Gasteiger partial charge in [0.1, 0.15) is 5.82 Å². The molecule has 6 nitrogen and oxygen atoms in total. The fourth-order valence-corrected chi connectivity index (χ4v) is 2.94. The number of carbonyl (C=O) groups excluding carboxylic acids is 1. The zero-order valence-corrected chi connectivity index (χ0v) is 14.6. The van der Waals surface area contributed by atoms with Crippen molar-refractivity contribution < 1.29 is 4.79 Å². The highest BCUT2D eigenvalue weighted by molar-refractivity contribution is 5.94. The highest BCUT2D eigenvalue weighted by atomic mass is 16.1. The molecule has 27 heavy (non-hydrogen) atoms. The largest absolute Gasteiger partial charge is 0.349 e. The average molecular weight is 357 g/mol. The minimum Gasteiger partial charge on any atom is -0.349 e. The van der Waals surface area contributed by atoms with Gasteiger partial charge in [0.15, 0.2) is 0 Å². The Hall–Kier alpha value is -3.67. The van der Waals surface area contributed by atoms with Crippen LogP contribution in [0.15, 0.2) is 85.5 Å². The van der Waals surface area contributed by atoms with Crippen molar-refractivity contribution in [3.8, 4) is 5.69 Å². The van der Waals surface area contributed by atoms with Crippen LogP contribution in [-0.4, -0.2) is 25.7 Å². The Kier molecular flexibility index (Phi) is 4.78. The highest BCUT2D eigenvalue weighted by Gasteiger charge is 2.18. The van der Waals surface area contributed by atoms with Gasteiger partial charge in [0, 0.05) is 25.0 Å². The summed E-state index contributed by atoms with van der Waals surface area (Å²) in [5, 5.41) is 7.40. The lowest BCUT2D eigenvalue weighted by Crippen LogP contribution is -2.30. The zero-order chi connectivity index (χ0) is 18.5. The van der Waals surface area contributed by atoms with Crippen LogP contribution in [0.4, 0.5) is 0 Å². The lowest BCUT2D eigenvalue weighted by Gasteiger charge is -2.18. The first-order valence-electron chi connectivity index (χ1n) is 8.74. The van der Waals surface area contributed by atoms with Gasteiger partial charge in [-0.3, -0.25) is 4.79 Å². The van der Waals surface area contributed by atoms with Gasteiger partial charge in [-0.05, 0) is 17.7 Å². The number of hydrogen-bond acceptors (Lipinski definition) is 3. The summed E-state index contributed by atoms with van der Waals surface area (Å²) in [6.07, 6.45) is 7.39. The molecule has 0 aliphatic heterocycles. The van der Waals surface area contributed by atoms with Crippen LogP contribution >= 0.6 is 0 Å². The predicted octanol–water partition coefficient (Wildman–Crippen LogP) is 3.31. The number of carbonyl (C=O) groups is 1. The van der Waals surface area contributed by atoms with E-state index >= 15 is 0 Å². The van der Waals surface area contributed by atoms with Crippen LogP contribution in [0.3, 0.4) is 0 Å². The molecule has 0 bridgehead atoms. The van der Waals surface area contributed by atoms with Gasteiger partial charge in [0.25, 0.3) is 5.91 Å². The molecule has 2 heterocycles. The molecule has 134 valence electrons. The van der Waals surface area contributed by atoms with Crippen molar-refractivity contribution in [1.29, 1.82) is 0 Å². The third-order valence-corrected chi connectivity index (χ3v) is 4.33. The molecule has 1 atom stereocenters. The molecule has 2 aromatic carbocycles. The van der Waals surface area contributed by atoms with Gasteiger partial charge in [-0.25, -0.2) is 9.67 Å². The first-order chi connectivity index (χ1) is 13.3. The topological polar surface area (TPSA) is 75.6 Å². The Morgan fingerprint density at radius 2 is 1.81 bits per heavy atom. The number of hydrogen-bond donors (Lipinski definition) is 2. The minimum absolute atomic E-state index is 0.169. The van der Waals surface area contributed by atoms with Crippen LogP contribution in [0.5, 0.6) is 0 Å². The molecule has 4 rings (SSSR count). The molecule has 1 amide bonds. The van der Waals surface area contributed by atoms with Crippen LogP contribution in [0.1, 0.15) is 27.8 Å². The highest BCUT2D eigenvalue weighted by Crippen LogP contribution is 2.18. The second-order valence-electron chi connectivity index (χ2n) is 6.19. The van der Waals surface area contributed by atoms with E-state index in [1.165, 1.54) is 0 Å². The summed E-state index contributed by atoms with van der Waals surface area (Å²) >= 11 is 0. The number of nitrogens with one attached hydrogen (secondary N) is 2. The molecule has 4 aromatic rings. The summed E-state index contributed by atoms with van der Waals surface area (Å²) in [5.74, 6) is 0.654. The Morgan fingerprint density at radius 3 is 2.52 bits per heavy atom. The van der Waals surface area contributed by atoms with Crippen molar-refractivity contribution in [2.75, 3.05) is 0 Å². The molecule has 0 fully saturated rings. The van der Waals surface area contributed by atoms with Gasteiger partial charge in [-0.15, -0.1) is 0 Å². The second kappa shape index (κ2) is 7.70. The molecule has 6 heteroatoms. The maximum Gasteiger partial charge on any atom is 0.254 e. The molecule has 0 saturated heterocycles. The summed E-state index contributed by atoms with van der Waals surface area (Å²) in [6.45, 7) is 0. The quantitative estimate of drug-likeness (QED) is 0.556. The molecule has 0 aliphatic carbocycles. The van der Waals surface area contributed by atoms with Crippen molar-refractivity contribution in [1.82, 2.24) is 25.1 Å². The van der Waals surface area contributed by atoms with Gasteiger partial charge in [-0.1, -0.05) is 48.5 Å². The van der Waals surface area contributed by atoms with Gasteiger partial charge in [-0.2, -0.15) is 5.10 Å². The van der Waals surface area contributed by atoms with E-state index in [9.17, 15) is 4.79 Å². The third-order valence-electron chi connectivity index (χ3n) is 4.33. The van der Waals surface area contributed by atoms with E-state index in [-0.39, 0.29) is 11.9 Å². The molecule has 0 unspecified atom stereocenters. The number of aromatic amines is 1. The maximum absolute atomic E-state index is 12.8.